The number of hydrogen-bond acceptors (Lipinski definition) is 4. The highest BCUT2D eigenvalue weighted by Gasteiger charge is 2.36. The van der Waals surface area contributed by atoms with E-state index in [4.69, 9.17) is 9.84 Å². The molecule has 0 amide bonds. The van der Waals surface area contributed by atoms with Crippen molar-refractivity contribution in [3.63, 3.8) is 0 Å². The summed E-state index contributed by atoms with van der Waals surface area (Å²) < 4.78 is 20.2. The van der Waals surface area contributed by atoms with Crippen LogP contribution in [0.3, 0.4) is 0 Å². The molecule has 0 radical (unpaired) electrons. The number of alkyl halides is 1. The van der Waals surface area contributed by atoms with Crippen molar-refractivity contribution >= 4 is 15.9 Å². The average molecular weight is 293 g/mol. The van der Waals surface area contributed by atoms with Crippen LogP contribution in [0, 0.1) is 0 Å². The Hall–Kier alpha value is -0.790. The first-order chi connectivity index (χ1) is 7.61. The Bertz CT molecular complexity index is 439. The van der Waals surface area contributed by atoms with Crippen molar-refractivity contribution in [1.29, 1.82) is 0 Å². The maximum Gasteiger partial charge on any atom is 0.350 e. The summed E-state index contributed by atoms with van der Waals surface area (Å²) in [6, 6.07) is 1.53. The smallest absolute Gasteiger partial charge is 0.350 e. The van der Waals surface area contributed by atoms with Crippen LogP contribution in [0.1, 0.15) is 12.6 Å². The Labute approximate surface area is 99.0 Å². The third-order valence-corrected chi connectivity index (χ3v) is 2.84. The second-order valence-electron chi connectivity index (χ2n) is 3.52. The van der Waals surface area contributed by atoms with Gasteiger partial charge in [0.1, 0.15) is 10.8 Å². The number of halogens is 2. The third kappa shape index (κ3) is 2.16. The summed E-state index contributed by atoms with van der Waals surface area (Å²) in [4.78, 5) is 15.1. The second-order valence-corrected chi connectivity index (χ2v) is 4.34. The fourth-order valence-corrected chi connectivity index (χ4v) is 1.92. The summed E-state index contributed by atoms with van der Waals surface area (Å²) in [6.07, 6.45) is -1.36. The number of rotatable bonds is 2. The van der Waals surface area contributed by atoms with E-state index in [0.717, 1.165) is 4.57 Å². The molecule has 1 fully saturated rings. The summed E-state index contributed by atoms with van der Waals surface area (Å²) >= 11 is 3.05. The molecule has 1 saturated heterocycles. The zero-order valence-corrected chi connectivity index (χ0v) is 9.80. The molecular formula is C9H10BrFN2O3. The lowest BCUT2D eigenvalue weighted by Gasteiger charge is -2.15. The molecule has 1 aliphatic heterocycles. The molecule has 1 aliphatic rings. The highest BCUT2D eigenvalue weighted by atomic mass is 79.9. The Morgan fingerprint density at radius 2 is 2.50 bits per heavy atom. The minimum absolute atomic E-state index is 0.0870. The van der Waals surface area contributed by atoms with Crippen LogP contribution in [-0.4, -0.2) is 33.5 Å². The van der Waals surface area contributed by atoms with Gasteiger partial charge in [0.15, 0.2) is 6.23 Å². The highest BCUT2D eigenvalue weighted by Crippen LogP contribution is 2.29. The van der Waals surface area contributed by atoms with E-state index in [9.17, 15) is 9.18 Å². The Balaban J connectivity index is 2.28. The predicted molar refractivity (Wildman–Crippen MR) is 56.7 cm³/mol. The first kappa shape index (κ1) is 11.7. The van der Waals surface area contributed by atoms with Gasteiger partial charge < -0.3 is 9.84 Å². The lowest BCUT2D eigenvalue weighted by molar-refractivity contribution is -0.0394. The summed E-state index contributed by atoms with van der Waals surface area (Å²) in [6.45, 7) is -0.254. The van der Waals surface area contributed by atoms with E-state index in [1.807, 2.05) is 0 Å². The van der Waals surface area contributed by atoms with E-state index in [1.54, 1.807) is 0 Å². The largest absolute Gasteiger partial charge is 0.394 e. The Morgan fingerprint density at radius 1 is 1.75 bits per heavy atom. The molecule has 88 valence electrons. The van der Waals surface area contributed by atoms with Gasteiger partial charge in [-0.2, -0.15) is 4.98 Å². The molecule has 2 heterocycles. The van der Waals surface area contributed by atoms with E-state index in [-0.39, 0.29) is 13.0 Å². The van der Waals surface area contributed by atoms with Crippen molar-refractivity contribution in [3.8, 4) is 0 Å². The maximum atomic E-state index is 13.6. The quantitative estimate of drug-likeness (QED) is 0.812. The van der Waals surface area contributed by atoms with Crippen LogP contribution in [0.2, 0.25) is 0 Å². The van der Waals surface area contributed by atoms with E-state index in [0.29, 0.717) is 4.60 Å². The topological polar surface area (TPSA) is 64.4 Å². The number of ether oxygens (including phenoxy) is 1. The summed E-state index contributed by atoms with van der Waals surface area (Å²) in [5.74, 6) is 0. The van der Waals surface area contributed by atoms with Crippen molar-refractivity contribution in [3.05, 3.63) is 27.4 Å². The lowest BCUT2D eigenvalue weighted by Crippen LogP contribution is -2.30. The van der Waals surface area contributed by atoms with Gasteiger partial charge in [0.05, 0.1) is 12.7 Å². The second kappa shape index (κ2) is 4.60. The van der Waals surface area contributed by atoms with Gasteiger partial charge in [-0.3, -0.25) is 4.57 Å². The number of aliphatic hydroxyl groups excluding tert-OH is 1. The van der Waals surface area contributed by atoms with Crippen molar-refractivity contribution in [2.24, 2.45) is 0 Å². The molecular weight excluding hydrogens is 283 g/mol. The third-order valence-electron chi connectivity index (χ3n) is 2.40. The summed E-state index contributed by atoms with van der Waals surface area (Å²) in [5.41, 5.74) is -0.583. The zero-order chi connectivity index (χ0) is 11.7. The molecule has 7 heteroatoms. The molecule has 16 heavy (non-hydrogen) atoms. The van der Waals surface area contributed by atoms with Crippen molar-refractivity contribution in [2.45, 2.75) is 24.9 Å². The standard InChI is InChI=1S/C9H10BrFN2O3/c10-7-1-2-13(9(15)12-7)8-6(11)3-5(4-14)16-8/h1-2,5-6,8,14H,3-4H2/t5-,6+,8+/m0/s1. The monoisotopic (exact) mass is 292 g/mol. The van der Waals surface area contributed by atoms with Crippen LogP contribution in [0.5, 0.6) is 0 Å². The van der Waals surface area contributed by atoms with Gasteiger partial charge in [0, 0.05) is 12.6 Å². The van der Waals surface area contributed by atoms with Gasteiger partial charge in [-0.05, 0) is 22.0 Å². The molecule has 0 unspecified atom stereocenters. The number of hydrogen-bond donors (Lipinski definition) is 1. The predicted octanol–water partition coefficient (Wildman–Crippen LogP) is 0.624. The van der Waals surface area contributed by atoms with Crippen LogP contribution in [-0.2, 0) is 4.74 Å². The Morgan fingerprint density at radius 3 is 3.06 bits per heavy atom. The average Bonchev–Trinajstić information content (AvgIpc) is 2.60. The normalized spacial score (nSPS) is 29.6. The Kier molecular flexibility index (Phi) is 3.36. The van der Waals surface area contributed by atoms with Crippen LogP contribution >= 0.6 is 15.9 Å². The number of aromatic nitrogens is 2. The van der Waals surface area contributed by atoms with Gasteiger partial charge in [0.2, 0.25) is 0 Å². The highest BCUT2D eigenvalue weighted by molar-refractivity contribution is 9.10. The van der Waals surface area contributed by atoms with E-state index >= 15 is 0 Å². The molecule has 0 aliphatic carbocycles. The summed E-state index contributed by atoms with van der Waals surface area (Å²) in [5, 5.41) is 8.86. The van der Waals surface area contributed by atoms with Crippen molar-refractivity contribution in [1.82, 2.24) is 9.55 Å². The zero-order valence-electron chi connectivity index (χ0n) is 8.22. The van der Waals surface area contributed by atoms with Gasteiger partial charge in [-0.25, -0.2) is 9.18 Å². The van der Waals surface area contributed by atoms with Crippen molar-refractivity contribution in [2.75, 3.05) is 6.61 Å². The number of aliphatic hydroxyl groups is 1. The fourth-order valence-electron chi connectivity index (χ4n) is 1.65. The molecule has 0 saturated carbocycles. The molecule has 1 N–H and O–H groups in total. The molecule has 5 nitrogen and oxygen atoms in total. The molecule has 0 bridgehead atoms. The van der Waals surface area contributed by atoms with Crippen LogP contribution in [0.25, 0.3) is 0 Å². The minimum Gasteiger partial charge on any atom is -0.394 e. The lowest BCUT2D eigenvalue weighted by atomic mass is 10.2. The van der Waals surface area contributed by atoms with Crippen LogP contribution in [0.15, 0.2) is 21.7 Å². The van der Waals surface area contributed by atoms with E-state index in [2.05, 4.69) is 20.9 Å². The van der Waals surface area contributed by atoms with E-state index in [1.165, 1.54) is 12.3 Å². The van der Waals surface area contributed by atoms with Crippen LogP contribution < -0.4 is 5.69 Å². The molecule has 2 rings (SSSR count). The van der Waals surface area contributed by atoms with Gasteiger partial charge in [0.25, 0.3) is 0 Å². The van der Waals surface area contributed by atoms with Crippen molar-refractivity contribution < 1.29 is 14.2 Å². The SMILES string of the molecule is O=c1nc(Br)ccn1[C@@H]1O[C@H](CO)C[C@H]1F. The summed E-state index contributed by atoms with van der Waals surface area (Å²) in [7, 11) is 0. The number of nitrogens with zero attached hydrogens (tertiary/aromatic N) is 2. The minimum atomic E-state index is -1.31. The molecule has 1 aromatic rings. The van der Waals surface area contributed by atoms with E-state index < -0.39 is 24.2 Å². The maximum absolute atomic E-state index is 13.6. The molecule has 0 spiro atoms. The van der Waals surface area contributed by atoms with Gasteiger partial charge in [-0.1, -0.05) is 0 Å². The molecule has 3 atom stereocenters. The van der Waals surface area contributed by atoms with Gasteiger partial charge in [-0.15, -0.1) is 0 Å². The fraction of sp³-hybridized carbons (Fsp3) is 0.556. The van der Waals surface area contributed by atoms with Gasteiger partial charge >= 0.3 is 5.69 Å². The molecule has 1 aromatic heterocycles. The first-order valence-electron chi connectivity index (χ1n) is 4.77. The first-order valence-corrected chi connectivity index (χ1v) is 5.56. The van der Waals surface area contributed by atoms with Crippen LogP contribution in [0.4, 0.5) is 4.39 Å². The molecule has 0 aromatic carbocycles.